The molecule has 1 atom stereocenters. The molecule has 0 bridgehead atoms. The largest absolute Gasteiger partial charge is 0.484 e. The lowest BCUT2D eigenvalue weighted by atomic mass is 9.97. The van der Waals surface area contributed by atoms with Gasteiger partial charge in [0, 0.05) is 19.0 Å². The Kier molecular flexibility index (Phi) is 6.27. The number of benzene rings is 2. The summed E-state index contributed by atoms with van der Waals surface area (Å²) in [5.74, 6) is 2.53. The Morgan fingerprint density at radius 2 is 1.97 bits per heavy atom. The molecular formula is C23H25N3O4. The highest BCUT2D eigenvalue weighted by Crippen LogP contribution is 2.25. The lowest BCUT2D eigenvalue weighted by molar-refractivity contribution is -0.134. The first-order valence-corrected chi connectivity index (χ1v) is 10.1. The molecule has 1 aromatic heterocycles. The summed E-state index contributed by atoms with van der Waals surface area (Å²) in [6.07, 6.45) is 1.81. The summed E-state index contributed by atoms with van der Waals surface area (Å²) in [6, 6.07) is 17.2. The number of para-hydroxylation sites is 1. The number of aryl methyl sites for hydroxylation is 1. The Labute approximate surface area is 175 Å². The lowest BCUT2D eigenvalue weighted by Crippen LogP contribution is -2.41. The second-order valence-corrected chi connectivity index (χ2v) is 7.43. The van der Waals surface area contributed by atoms with Crippen LogP contribution in [0.4, 0.5) is 0 Å². The summed E-state index contributed by atoms with van der Waals surface area (Å²) >= 11 is 0. The van der Waals surface area contributed by atoms with Gasteiger partial charge < -0.3 is 18.9 Å². The number of likely N-dealkylation sites (tertiary alicyclic amines) is 1. The van der Waals surface area contributed by atoms with E-state index in [9.17, 15) is 4.79 Å². The molecule has 1 aliphatic heterocycles. The van der Waals surface area contributed by atoms with E-state index in [-0.39, 0.29) is 25.0 Å². The van der Waals surface area contributed by atoms with Crippen molar-refractivity contribution in [1.29, 1.82) is 0 Å². The van der Waals surface area contributed by atoms with Gasteiger partial charge in [0.05, 0.1) is 0 Å². The van der Waals surface area contributed by atoms with E-state index in [0.29, 0.717) is 30.6 Å². The lowest BCUT2D eigenvalue weighted by Gasteiger charge is -2.31. The molecule has 0 radical (unpaired) electrons. The number of hydrogen-bond acceptors (Lipinski definition) is 6. The van der Waals surface area contributed by atoms with Crippen LogP contribution in [0.25, 0.3) is 0 Å². The van der Waals surface area contributed by atoms with Crippen LogP contribution in [0.15, 0.2) is 59.1 Å². The molecule has 4 rings (SSSR count). The minimum Gasteiger partial charge on any atom is -0.484 e. The molecule has 3 aromatic rings. The zero-order valence-electron chi connectivity index (χ0n) is 17.0. The van der Waals surface area contributed by atoms with Crippen molar-refractivity contribution in [3.63, 3.8) is 0 Å². The van der Waals surface area contributed by atoms with Crippen molar-refractivity contribution in [3.8, 4) is 11.5 Å². The van der Waals surface area contributed by atoms with Crippen molar-refractivity contribution in [2.75, 3.05) is 19.7 Å². The maximum absolute atomic E-state index is 12.6. The van der Waals surface area contributed by atoms with Gasteiger partial charge in [0.15, 0.2) is 19.0 Å². The smallest absolute Gasteiger partial charge is 0.264 e. The fraction of sp³-hybridized carbons (Fsp3) is 0.348. The van der Waals surface area contributed by atoms with Crippen LogP contribution in [0.2, 0.25) is 0 Å². The molecule has 2 heterocycles. The fourth-order valence-electron chi connectivity index (χ4n) is 3.51. The number of carbonyl (C=O) groups is 1. The van der Waals surface area contributed by atoms with E-state index in [1.807, 2.05) is 66.4 Å². The number of hydrogen-bond donors (Lipinski definition) is 0. The van der Waals surface area contributed by atoms with Gasteiger partial charge in [-0.25, -0.2) is 0 Å². The zero-order chi connectivity index (χ0) is 20.8. The van der Waals surface area contributed by atoms with Crippen LogP contribution in [0.3, 0.4) is 0 Å². The summed E-state index contributed by atoms with van der Waals surface area (Å²) in [5, 5.41) is 4.11. The minimum atomic E-state index is -0.0302. The first-order valence-electron chi connectivity index (χ1n) is 10.1. The van der Waals surface area contributed by atoms with Gasteiger partial charge in [0.1, 0.15) is 11.5 Å². The van der Waals surface area contributed by atoms with Crippen LogP contribution in [0, 0.1) is 6.92 Å². The normalized spacial score (nSPS) is 16.3. The summed E-state index contributed by atoms with van der Waals surface area (Å²) in [5.41, 5.74) is 1.10. The Bertz CT molecular complexity index is 973. The second kappa shape index (κ2) is 9.43. The minimum absolute atomic E-state index is 0.0264. The van der Waals surface area contributed by atoms with Crippen LogP contribution < -0.4 is 9.47 Å². The van der Waals surface area contributed by atoms with Gasteiger partial charge in [-0.2, -0.15) is 4.98 Å². The molecule has 0 spiro atoms. The third kappa shape index (κ3) is 5.17. The van der Waals surface area contributed by atoms with Crippen molar-refractivity contribution < 1.29 is 18.8 Å². The van der Waals surface area contributed by atoms with Crippen molar-refractivity contribution in [1.82, 2.24) is 15.0 Å². The van der Waals surface area contributed by atoms with Gasteiger partial charge >= 0.3 is 0 Å². The molecule has 1 fully saturated rings. The number of piperidine rings is 1. The van der Waals surface area contributed by atoms with Gasteiger partial charge in [-0.05, 0) is 49.6 Å². The number of carbonyl (C=O) groups excluding carboxylic acids is 1. The van der Waals surface area contributed by atoms with Crippen molar-refractivity contribution >= 4 is 5.91 Å². The molecular weight excluding hydrogens is 382 g/mol. The third-order valence-electron chi connectivity index (χ3n) is 5.08. The maximum atomic E-state index is 12.6. The third-order valence-corrected chi connectivity index (χ3v) is 5.08. The Morgan fingerprint density at radius 1 is 1.13 bits per heavy atom. The van der Waals surface area contributed by atoms with Gasteiger partial charge in [-0.15, -0.1) is 0 Å². The predicted molar refractivity (Wildman–Crippen MR) is 110 cm³/mol. The number of amides is 1. The number of rotatable bonds is 7. The van der Waals surface area contributed by atoms with Crippen LogP contribution in [-0.2, 0) is 11.4 Å². The van der Waals surface area contributed by atoms with E-state index in [2.05, 4.69) is 10.1 Å². The van der Waals surface area contributed by atoms with Crippen LogP contribution in [0.1, 0.15) is 36.0 Å². The molecule has 7 heteroatoms. The van der Waals surface area contributed by atoms with Gasteiger partial charge in [0.2, 0.25) is 0 Å². The average molecular weight is 407 g/mol. The molecule has 1 amide bonds. The molecule has 2 aromatic carbocycles. The highest BCUT2D eigenvalue weighted by Gasteiger charge is 2.28. The van der Waals surface area contributed by atoms with E-state index in [0.717, 1.165) is 24.2 Å². The number of ether oxygens (including phenoxy) is 2. The Morgan fingerprint density at radius 3 is 2.80 bits per heavy atom. The molecule has 1 saturated heterocycles. The maximum Gasteiger partial charge on any atom is 0.264 e. The molecule has 0 aliphatic carbocycles. The molecule has 156 valence electrons. The number of aromatic nitrogens is 2. The van der Waals surface area contributed by atoms with Gasteiger partial charge in [0.25, 0.3) is 11.8 Å². The Balaban J connectivity index is 1.30. The topological polar surface area (TPSA) is 77.7 Å². The van der Waals surface area contributed by atoms with E-state index < -0.39 is 0 Å². The van der Waals surface area contributed by atoms with Crippen molar-refractivity contribution in [2.24, 2.45) is 0 Å². The second-order valence-electron chi connectivity index (χ2n) is 7.43. The summed E-state index contributed by atoms with van der Waals surface area (Å²) in [6.45, 7) is 3.52. The van der Waals surface area contributed by atoms with E-state index in [4.69, 9.17) is 14.0 Å². The van der Waals surface area contributed by atoms with Gasteiger partial charge in [-0.3, -0.25) is 4.79 Å². The fourth-order valence-corrected chi connectivity index (χ4v) is 3.51. The van der Waals surface area contributed by atoms with Crippen molar-refractivity contribution in [3.05, 3.63) is 71.9 Å². The SMILES string of the molecule is Cc1cccc(OCC(=O)N2CCCC(c3noc(COc4ccccc4)n3)C2)c1. The first kappa shape index (κ1) is 19.9. The quantitative estimate of drug-likeness (QED) is 0.594. The number of nitrogens with zero attached hydrogens (tertiary/aromatic N) is 3. The Hall–Kier alpha value is -3.35. The van der Waals surface area contributed by atoms with Crippen LogP contribution in [-0.4, -0.2) is 40.6 Å². The molecule has 7 nitrogen and oxygen atoms in total. The molecule has 30 heavy (non-hydrogen) atoms. The van der Waals surface area contributed by atoms with Gasteiger partial charge in [-0.1, -0.05) is 35.5 Å². The molecule has 0 saturated carbocycles. The molecule has 0 N–H and O–H groups in total. The van der Waals surface area contributed by atoms with E-state index >= 15 is 0 Å². The monoisotopic (exact) mass is 407 g/mol. The summed E-state index contributed by atoms with van der Waals surface area (Å²) in [7, 11) is 0. The average Bonchev–Trinajstić information content (AvgIpc) is 3.26. The zero-order valence-corrected chi connectivity index (χ0v) is 17.0. The standard InChI is InChI=1S/C23H25N3O4/c1-17-7-5-11-20(13-17)29-16-22(27)26-12-6-8-18(14-26)23-24-21(30-25-23)15-28-19-9-3-2-4-10-19/h2-5,7,9-11,13,18H,6,8,12,14-16H2,1H3. The first-order chi connectivity index (χ1) is 14.7. The van der Waals surface area contributed by atoms with Crippen LogP contribution >= 0.6 is 0 Å². The summed E-state index contributed by atoms with van der Waals surface area (Å²) < 4.78 is 16.7. The highest BCUT2D eigenvalue weighted by molar-refractivity contribution is 5.78. The molecule has 1 aliphatic rings. The van der Waals surface area contributed by atoms with Crippen LogP contribution in [0.5, 0.6) is 11.5 Å². The van der Waals surface area contributed by atoms with Crippen molar-refractivity contribution in [2.45, 2.75) is 32.3 Å². The van der Waals surface area contributed by atoms with E-state index in [1.165, 1.54) is 0 Å². The predicted octanol–water partition coefficient (Wildman–Crippen LogP) is 3.74. The highest BCUT2D eigenvalue weighted by atomic mass is 16.5. The molecule has 1 unspecified atom stereocenters. The van der Waals surface area contributed by atoms with E-state index in [1.54, 1.807) is 0 Å². The summed E-state index contributed by atoms with van der Waals surface area (Å²) in [4.78, 5) is 18.9.